The topological polar surface area (TPSA) is 71.5 Å². The van der Waals surface area contributed by atoms with Crippen LogP contribution in [-0.2, 0) is 9.59 Å². The van der Waals surface area contributed by atoms with E-state index in [0.717, 1.165) is 18.4 Å². The number of nitrogens with zero attached hydrogens (tertiary/aromatic N) is 1. The van der Waals surface area contributed by atoms with E-state index in [1.54, 1.807) is 12.1 Å². The van der Waals surface area contributed by atoms with Gasteiger partial charge in [-0.05, 0) is 44.4 Å². The minimum Gasteiger partial charge on any atom is -0.370 e. The number of hydrogen-bond donors (Lipinski definition) is 0. The molecule has 1 aliphatic rings. The lowest BCUT2D eigenvalue weighted by molar-refractivity contribution is -0.119. The minimum atomic E-state index is -0.118. The fraction of sp³-hybridized carbons (Fsp3) is 0.556. The van der Waals surface area contributed by atoms with Crippen molar-refractivity contribution in [3.05, 3.63) is 41.5 Å². The number of allylic oxidation sites excluding steroid dienone is 1. The van der Waals surface area contributed by atoms with Crippen molar-refractivity contribution in [2.75, 3.05) is 18.0 Å². The Labute approximate surface area is 195 Å². The van der Waals surface area contributed by atoms with Gasteiger partial charge >= 0.3 is 0 Å². The van der Waals surface area contributed by atoms with Gasteiger partial charge in [0.15, 0.2) is 12.1 Å². The van der Waals surface area contributed by atoms with Gasteiger partial charge in [-0.15, -0.1) is 0 Å². The Morgan fingerprint density at radius 1 is 1.12 bits per heavy atom. The highest BCUT2D eigenvalue weighted by Crippen LogP contribution is 2.25. The number of hydrogen-bond acceptors (Lipinski definition) is 5. The Balaban J connectivity index is 0. The van der Waals surface area contributed by atoms with Crippen LogP contribution in [0.1, 0.15) is 95.4 Å². The molecule has 0 bridgehead atoms. The first-order chi connectivity index (χ1) is 15.2. The monoisotopic (exact) mass is 445 g/mol. The van der Waals surface area contributed by atoms with E-state index >= 15 is 0 Å². The summed E-state index contributed by atoms with van der Waals surface area (Å²) in [5, 5.41) is 0. The number of anilines is 1. The normalized spacial score (nSPS) is 12.8. The van der Waals surface area contributed by atoms with Gasteiger partial charge in [-0.2, -0.15) is 0 Å². The van der Waals surface area contributed by atoms with Crippen molar-refractivity contribution in [3.63, 3.8) is 0 Å². The van der Waals surface area contributed by atoms with Gasteiger partial charge in [0.25, 0.3) is 0 Å². The van der Waals surface area contributed by atoms with E-state index in [0.29, 0.717) is 55.0 Å². The molecule has 32 heavy (non-hydrogen) atoms. The fourth-order valence-electron chi connectivity index (χ4n) is 2.78. The van der Waals surface area contributed by atoms with Crippen LogP contribution in [0.2, 0.25) is 0 Å². The van der Waals surface area contributed by atoms with Crippen molar-refractivity contribution < 1.29 is 19.2 Å². The summed E-state index contributed by atoms with van der Waals surface area (Å²) in [6.07, 6.45) is 3.98. The molecule has 0 radical (unpaired) electrons. The van der Waals surface area contributed by atoms with Crippen LogP contribution >= 0.6 is 0 Å². The van der Waals surface area contributed by atoms with Gasteiger partial charge in [0.1, 0.15) is 12.1 Å². The van der Waals surface area contributed by atoms with Crippen LogP contribution in [0.25, 0.3) is 0 Å². The van der Waals surface area contributed by atoms with E-state index in [4.69, 9.17) is 0 Å². The van der Waals surface area contributed by atoms with E-state index in [9.17, 15) is 19.2 Å². The molecule has 0 aliphatic carbocycles. The summed E-state index contributed by atoms with van der Waals surface area (Å²) < 4.78 is 0. The van der Waals surface area contributed by atoms with Crippen molar-refractivity contribution >= 4 is 29.8 Å². The molecule has 5 nitrogen and oxygen atoms in total. The molecule has 1 unspecified atom stereocenters. The second-order valence-corrected chi connectivity index (χ2v) is 7.43. The zero-order valence-electron chi connectivity index (χ0n) is 21.4. The number of ketones is 2. The zero-order chi connectivity index (χ0) is 25.3. The van der Waals surface area contributed by atoms with E-state index in [1.165, 1.54) is 12.5 Å². The van der Waals surface area contributed by atoms with Crippen LogP contribution < -0.4 is 4.90 Å². The first kappa shape index (κ1) is 31.6. The van der Waals surface area contributed by atoms with Crippen LogP contribution in [0, 0.1) is 11.8 Å². The molecule has 0 amide bonds. The largest absolute Gasteiger partial charge is 0.370 e. The molecule has 1 atom stereocenters. The Kier molecular flexibility index (Phi) is 17.8. The summed E-state index contributed by atoms with van der Waals surface area (Å²) in [6, 6.07) is 5.17. The molecule has 0 saturated carbocycles. The summed E-state index contributed by atoms with van der Waals surface area (Å²) in [6.45, 7) is 20.7. The standard InChI is InChI=1S/C13H13NO3.C10H18O.2C2H6/c1-9(17)13-3-2-12(4-11(13)8-16)14-5-10(6-14)7-15;1-5-10(11)7-6-9(4)8(2)3;2*1-2/h2-4,7-8,10H,5-6H2,1H3;9H,2,5-7H2,1,3-4H3;2*1-2H3. The molecule has 1 fully saturated rings. The van der Waals surface area contributed by atoms with Gasteiger partial charge in [-0.3, -0.25) is 14.4 Å². The van der Waals surface area contributed by atoms with E-state index in [1.807, 2.05) is 52.5 Å². The second-order valence-electron chi connectivity index (χ2n) is 7.43. The van der Waals surface area contributed by atoms with Crippen molar-refractivity contribution in [1.29, 1.82) is 0 Å². The van der Waals surface area contributed by atoms with E-state index in [-0.39, 0.29) is 11.7 Å². The summed E-state index contributed by atoms with van der Waals surface area (Å²) in [5.41, 5.74) is 2.91. The number of aldehydes is 2. The lowest BCUT2D eigenvalue weighted by Crippen LogP contribution is -2.47. The summed E-state index contributed by atoms with van der Waals surface area (Å²) in [7, 11) is 0. The third kappa shape index (κ3) is 11.2. The molecule has 0 spiro atoms. The maximum atomic E-state index is 11.3. The highest BCUT2D eigenvalue weighted by molar-refractivity contribution is 6.02. The second kappa shape index (κ2) is 18.1. The quantitative estimate of drug-likeness (QED) is 0.252. The van der Waals surface area contributed by atoms with Crippen LogP contribution in [-0.4, -0.2) is 37.2 Å². The predicted molar refractivity (Wildman–Crippen MR) is 135 cm³/mol. The summed E-state index contributed by atoms with van der Waals surface area (Å²) in [4.78, 5) is 45.6. The first-order valence-corrected chi connectivity index (χ1v) is 11.7. The van der Waals surface area contributed by atoms with Crippen molar-refractivity contribution in [2.45, 2.75) is 74.7 Å². The Bertz CT molecular complexity index is 733. The Hall–Kier alpha value is -2.56. The molecule has 0 aromatic heterocycles. The molecular formula is C27H43NO4. The molecule has 2 rings (SSSR count). The van der Waals surface area contributed by atoms with Crippen LogP contribution in [0.5, 0.6) is 0 Å². The molecular weight excluding hydrogens is 402 g/mol. The maximum absolute atomic E-state index is 11.3. The SMILES string of the molecule is C=C(C)C(C)CCC(=O)CC.CC.CC.CC(=O)c1ccc(N2CC(C=O)C2)cc1C=O. The average molecular weight is 446 g/mol. The highest BCUT2D eigenvalue weighted by Gasteiger charge is 2.26. The average Bonchev–Trinajstić information content (AvgIpc) is 2.79. The van der Waals surface area contributed by atoms with E-state index in [2.05, 4.69) is 13.5 Å². The Morgan fingerprint density at radius 2 is 1.69 bits per heavy atom. The third-order valence-electron chi connectivity index (χ3n) is 5.10. The van der Waals surface area contributed by atoms with Gasteiger partial charge in [-0.1, -0.05) is 53.7 Å². The molecule has 180 valence electrons. The maximum Gasteiger partial charge on any atom is 0.160 e. The number of carbonyl (C=O) groups is 4. The number of benzene rings is 1. The predicted octanol–water partition coefficient (Wildman–Crippen LogP) is 6.35. The molecule has 0 N–H and O–H groups in total. The van der Waals surface area contributed by atoms with Crippen molar-refractivity contribution in [2.24, 2.45) is 11.8 Å². The lowest BCUT2D eigenvalue weighted by atomic mass is 9.97. The molecule has 1 heterocycles. The van der Waals surface area contributed by atoms with Gasteiger partial charge in [-0.25, -0.2) is 0 Å². The van der Waals surface area contributed by atoms with Gasteiger partial charge in [0.05, 0.1) is 0 Å². The third-order valence-corrected chi connectivity index (χ3v) is 5.10. The molecule has 1 aliphatic heterocycles. The fourth-order valence-corrected chi connectivity index (χ4v) is 2.78. The molecule has 1 saturated heterocycles. The number of Topliss-reactive ketones (excluding diaryl/α,β-unsaturated/α-hetero) is 2. The van der Waals surface area contributed by atoms with Crippen LogP contribution in [0.15, 0.2) is 30.4 Å². The van der Waals surface area contributed by atoms with Gasteiger partial charge < -0.3 is 9.69 Å². The van der Waals surface area contributed by atoms with Gasteiger partial charge in [0, 0.05) is 48.7 Å². The first-order valence-electron chi connectivity index (χ1n) is 11.7. The highest BCUT2D eigenvalue weighted by atomic mass is 16.1. The molecule has 1 aromatic rings. The number of carbonyl (C=O) groups excluding carboxylic acids is 4. The number of rotatable bonds is 9. The van der Waals surface area contributed by atoms with Crippen LogP contribution in [0.3, 0.4) is 0 Å². The summed E-state index contributed by atoms with van der Waals surface area (Å²) >= 11 is 0. The molecule has 1 aromatic carbocycles. The van der Waals surface area contributed by atoms with Crippen molar-refractivity contribution in [3.8, 4) is 0 Å². The molecule has 5 heteroatoms. The minimum absolute atomic E-state index is 0.0853. The lowest BCUT2D eigenvalue weighted by Gasteiger charge is -2.38. The van der Waals surface area contributed by atoms with E-state index < -0.39 is 0 Å². The summed E-state index contributed by atoms with van der Waals surface area (Å²) in [5.74, 6) is 0.818. The Morgan fingerprint density at radius 3 is 2.09 bits per heavy atom. The smallest absolute Gasteiger partial charge is 0.160 e. The zero-order valence-corrected chi connectivity index (χ0v) is 21.4. The van der Waals surface area contributed by atoms with Crippen LogP contribution in [0.4, 0.5) is 5.69 Å². The van der Waals surface area contributed by atoms with Gasteiger partial charge in [0.2, 0.25) is 0 Å². The van der Waals surface area contributed by atoms with Crippen molar-refractivity contribution in [1.82, 2.24) is 0 Å².